The van der Waals surface area contributed by atoms with Crippen LogP contribution in [0.15, 0.2) is 24.3 Å². The van der Waals surface area contributed by atoms with Crippen LogP contribution < -0.4 is 10.6 Å². The third-order valence-electron chi connectivity index (χ3n) is 2.90. The van der Waals surface area contributed by atoms with E-state index >= 15 is 0 Å². The van der Waals surface area contributed by atoms with Gasteiger partial charge in [0.05, 0.1) is 17.1 Å². The largest absolute Gasteiger partial charge is 0.395 e. The molecule has 5 nitrogen and oxygen atoms in total. The van der Waals surface area contributed by atoms with E-state index in [1.807, 2.05) is 0 Å². The lowest BCUT2D eigenvalue weighted by molar-refractivity contribution is 0.0983. The molecule has 3 N–H and O–H groups in total. The van der Waals surface area contributed by atoms with Gasteiger partial charge in [-0.2, -0.15) is 5.10 Å². The molecule has 0 fully saturated rings. The van der Waals surface area contributed by atoms with Gasteiger partial charge in [-0.05, 0) is 26.0 Å². The Morgan fingerprint density at radius 3 is 2.68 bits per heavy atom. The number of carbonyl (C=O) groups is 1. The molecule has 0 radical (unpaired) electrons. The lowest BCUT2D eigenvalue weighted by atomic mass is 10.2. The molecule has 6 heteroatoms. The van der Waals surface area contributed by atoms with E-state index in [9.17, 15) is 9.18 Å². The van der Waals surface area contributed by atoms with Crippen LogP contribution >= 0.6 is 0 Å². The van der Waals surface area contributed by atoms with Gasteiger partial charge >= 0.3 is 0 Å². The number of anilines is 2. The van der Waals surface area contributed by atoms with Crippen LogP contribution in [-0.2, 0) is 0 Å². The smallest absolute Gasteiger partial charge is 0.281 e. The second-order valence-corrected chi connectivity index (χ2v) is 4.11. The van der Waals surface area contributed by atoms with Gasteiger partial charge in [-0.1, -0.05) is 12.1 Å². The van der Waals surface area contributed by atoms with Crippen molar-refractivity contribution < 1.29 is 9.18 Å². The molecule has 0 spiro atoms. The molecular formula is C13H15FN4O. The Morgan fingerprint density at radius 2 is 2.16 bits per heavy atom. The predicted molar refractivity (Wildman–Crippen MR) is 71.5 cm³/mol. The van der Waals surface area contributed by atoms with Gasteiger partial charge in [-0.3, -0.25) is 9.89 Å². The van der Waals surface area contributed by atoms with E-state index in [-0.39, 0.29) is 11.4 Å². The molecule has 0 aliphatic heterocycles. The normalized spacial score (nSPS) is 10.5. The summed E-state index contributed by atoms with van der Waals surface area (Å²) in [5, 5.41) is 6.52. The molecule has 2 aromatic rings. The van der Waals surface area contributed by atoms with Crippen molar-refractivity contribution in [2.75, 3.05) is 17.2 Å². The van der Waals surface area contributed by atoms with E-state index in [1.54, 1.807) is 32.0 Å². The molecule has 1 aromatic carbocycles. The van der Waals surface area contributed by atoms with Crippen LogP contribution in [0, 0.1) is 12.7 Å². The number of aromatic nitrogens is 2. The quantitative estimate of drug-likeness (QED) is 0.889. The van der Waals surface area contributed by atoms with Crippen molar-refractivity contribution >= 4 is 17.3 Å². The monoisotopic (exact) mass is 262 g/mol. The average Bonchev–Trinajstić information content (AvgIpc) is 2.73. The van der Waals surface area contributed by atoms with E-state index in [0.29, 0.717) is 17.9 Å². The third kappa shape index (κ3) is 2.29. The number of aromatic amines is 1. The highest BCUT2D eigenvalue weighted by Crippen LogP contribution is 2.22. The van der Waals surface area contributed by atoms with Gasteiger partial charge < -0.3 is 10.6 Å². The zero-order valence-electron chi connectivity index (χ0n) is 10.8. The number of nitrogen functional groups attached to an aromatic ring is 1. The van der Waals surface area contributed by atoms with Crippen LogP contribution in [0.3, 0.4) is 0 Å². The van der Waals surface area contributed by atoms with E-state index in [2.05, 4.69) is 10.2 Å². The summed E-state index contributed by atoms with van der Waals surface area (Å²) in [5.41, 5.74) is 7.02. The first-order valence-corrected chi connectivity index (χ1v) is 5.93. The number of aryl methyl sites for hydroxylation is 1. The maximum atomic E-state index is 13.8. The fraction of sp³-hybridized carbons (Fsp3) is 0.231. The number of rotatable bonds is 3. The molecule has 0 saturated carbocycles. The van der Waals surface area contributed by atoms with Gasteiger partial charge in [-0.15, -0.1) is 0 Å². The Labute approximate surface area is 110 Å². The first-order chi connectivity index (χ1) is 9.06. The first kappa shape index (κ1) is 13.1. The van der Waals surface area contributed by atoms with Crippen molar-refractivity contribution in [2.24, 2.45) is 0 Å². The van der Waals surface area contributed by atoms with Crippen molar-refractivity contribution in [1.82, 2.24) is 10.2 Å². The number of halogens is 1. The summed E-state index contributed by atoms with van der Waals surface area (Å²) in [5.74, 6) is -0.877. The average molecular weight is 262 g/mol. The Bertz CT molecular complexity index is 608. The minimum Gasteiger partial charge on any atom is -0.395 e. The lowest BCUT2D eigenvalue weighted by Crippen LogP contribution is -2.32. The number of para-hydroxylation sites is 1. The lowest BCUT2D eigenvalue weighted by Gasteiger charge is -2.20. The van der Waals surface area contributed by atoms with Crippen molar-refractivity contribution in [3.05, 3.63) is 41.5 Å². The van der Waals surface area contributed by atoms with Crippen LogP contribution in [0.1, 0.15) is 23.1 Å². The van der Waals surface area contributed by atoms with Gasteiger partial charge in [0, 0.05) is 6.54 Å². The number of hydrogen-bond donors (Lipinski definition) is 2. The molecular weight excluding hydrogens is 247 g/mol. The van der Waals surface area contributed by atoms with Gasteiger partial charge in [-0.25, -0.2) is 4.39 Å². The Kier molecular flexibility index (Phi) is 3.50. The van der Waals surface area contributed by atoms with Crippen molar-refractivity contribution in [2.45, 2.75) is 13.8 Å². The van der Waals surface area contributed by atoms with Crippen LogP contribution in [0.25, 0.3) is 0 Å². The zero-order chi connectivity index (χ0) is 14.0. The van der Waals surface area contributed by atoms with E-state index in [4.69, 9.17) is 5.73 Å². The van der Waals surface area contributed by atoms with Gasteiger partial charge in [0.25, 0.3) is 5.91 Å². The van der Waals surface area contributed by atoms with Gasteiger partial charge in [0.1, 0.15) is 5.82 Å². The van der Waals surface area contributed by atoms with E-state index in [1.165, 1.54) is 11.0 Å². The Hall–Kier alpha value is -2.37. The summed E-state index contributed by atoms with van der Waals surface area (Å²) in [4.78, 5) is 13.7. The third-order valence-corrected chi connectivity index (χ3v) is 2.90. The molecule has 19 heavy (non-hydrogen) atoms. The summed E-state index contributed by atoms with van der Waals surface area (Å²) in [6.07, 6.45) is 0. The van der Waals surface area contributed by atoms with Crippen LogP contribution in [0.2, 0.25) is 0 Å². The molecule has 0 bridgehead atoms. The maximum Gasteiger partial charge on any atom is 0.281 e. The molecule has 0 aliphatic rings. The number of carbonyl (C=O) groups excluding carboxylic acids is 1. The summed E-state index contributed by atoms with van der Waals surface area (Å²) >= 11 is 0. The number of benzene rings is 1. The van der Waals surface area contributed by atoms with Crippen molar-refractivity contribution in [3.8, 4) is 0 Å². The molecule has 2 rings (SSSR count). The van der Waals surface area contributed by atoms with E-state index in [0.717, 1.165) is 0 Å². The molecule has 0 atom stereocenters. The molecule has 1 aromatic heterocycles. The van der Waals surface area contributed by atoms with Crippen LogP contribution in [0.5, 0.6) is 0 Å². The molecule has 1 amide bonds. The number of nitrogens with two attached hydrogens (primary N) is 1. The van der Waals surface area contributed by atoms with Crippen molar-refractivity contribution in [3.63, 3.8) is 0 Å². The summed E-state index contributed by atoms with van der Waals surface area (Å²) in [6.45, 7) is 3.81. The van der Waals surface area contributed by atoms with Gasteiger partial charge in [0.15, 0.2) is 5.69 Å². The highest BCUT2D eigenvalue weighted by Gasteiger charge is 2.23. The highest BCUT2D eigenvalue weighted by atomic mass is 19.1. The first-order valence-electron chi connectivity index (χ1n) is 5.93. The Morgan fingerprint density at radius 1 is 1.47 bits per heavy atom. The maximum absolute atomic E-state index is 13.8. The number of amides is 1. The number of nitrogens with zero attached hydrogens (tertiary/aromatic N) is 2. The second kappa shape index (κ2) is 5.09. The molecule has 1 heterocycles. The number of hydrogen-bond acceptors (Lipinski definition) is 3. The highest BCUT2D eigenvalue weighted by molar-refractivity contribution is 6.08. The second-order valence-electron chi connectivity index (χ2n) is 4.11. The fourth-order valence-corrected chi connectivity index (χ4v) is 1.82. The van der Waals surface area contributed by atoms with Gasteiger partial charge in [0.2, 0.25) is 0 Å². The molecule has 100 valence electrons. The Balaban J connectivity index is 2.41. The predicted octanol–water partition coefficient (Wildman–Crippen LogP) is 2.11. The fourth-order valence-electron chi connectivity index (χ4n) is 1.82. The SMILES string of the molecule is CCN(C(=O)c1n[nH]c(C)c1N)c1ccccc1F. The topological polar surface area (TPSA) is 75.0 Å². The molecule has 0 aliphatic carbocycles. The number of H-pyrrole nitrogens is 1. The molecule has 0 saturated heterocycles. The zero-order valence-corrected chi connectivity index (χ0v) is 10.8. The summed E-state index contributed by atoms with van der Waals surface area (Å²) < 4.78 is 13.8. The van der Waals surface area contributed by atoms with Crippen LogP contribution in [0.4, 0.5) is 15.8 Å². The summed E-state index contributed by atoms with van der Waals surface area (Å²) in [7, 11) is 0. The van der Waals surface area contributed by atoms with Crippen molar-refractivity contribution in [1.29, 1.82) is 0 Å². The summed E-state index contributed by atoms with van der Waals surface area (Å²) in [6, 6.07) is 6.11. The number of nitrogens with one attached hydrogen (secondary N) is 1. The van der Waals surface area contributed by atoms with Crippen LogP contribution in [-0.4, -0.2) is 22.6 Å². The minimum atomic E-state index is -0.455. The van der Waals surface area contributed by atoms with E-state index < -0.39 is 11.7 Å². The molecule has 0 unspecified atom stereocenters. The standard InChI is InChI=1S/C13H15FN4O/c1-3-18(10-7-5-4-6-9(10)14)13(19)12-11(15)8(2)16-17-12/h4-7H,3,15H2,1-2H3,(H,16,17). The minimum absolute atomic E-state index is 0.114.